The Labute approximate surface area is 89.5 Å². The van der Waals surface area contributed by atoms with Gasteiger partial charge in [-0.3, -0.25) is 0 Å². The summed E-state index contributed by atoms with van der Waals surface area (Å²) in [5.41, 5.74) is 0.244. The minimum Gasteiger partial charge on any atom is -0.504 e. The molecule has 0 spiro atoms. The maximum atomic E-state index is 11.9. The summed E-state index contributed by atoms with van der Waals surface area (Å²) in [6.07, 6.45) is -3.93. The molecule has 88 valence electrons. The van der Waals surface area contributed by atoms with E-state index in [9.17, 15) is 23.1 Å². The molecule has 16 heavy (non-hydrogen) atoms. The first-order chi connectivity index (χ1) is 7.44. The van der Waals surface area contributed by atoms with Gasteiger partial charge in [0.05, 0.1) is 0 Å². The number of para-hydroxylation sites is 1. The molecule has 0 saturated carbocycles. The molecule has 0 radical (unpaired) electrons. The summed E-state index contributed by atoms with van der Waals surface area (Å²) in [7, 11) is 0. The molecule has 0 aliphatic heterocycles. The number of halogens is 3. The predicted molar refractivity (Wildman–Crippen MR) is 49.2 cm³/mol. The first kappa shape index (κ1) is 12.4. The molecule has 0 unspecified atom stereocenters. The summed E-state index contributed by atoms with van der Waals surface area (Å²) < 4.78 is 39.4. The van der Waals surface area contributed by atoms with E-state index in [1.807, 2.05) is 0 Å². The highest BCUT2D eigenvalue weighted by Crippen LogP contribution is 2.34. The number of carbonyl (C=O) groups excluding carboxylic acids is 1. The second-order valence-electron chi connectivity index (χ2n) is 3.02. The van der Waals surface area contributed by atoms with Crippen molar-refractivity contribution in [2.24, 2.45) is 0 Å². The van der Waals surface area contributed by atoms with Gasteiger partial charge in [-0.25, -0.2) is 0 Å². The van der Waals surface area contributed by atoms with Crippen LogP contribution in [0.3, 0.4) is 0 Å². The van der Waals surface area contributed by atoms with E-state index in [4.69, 9.17) is 0 Å². The van der Waals surface area contributed by atoms with E-state index in [1.54, 1.807) is 0 Å². The lowest BCUT2D eigenvalue weighted by molar-refractivity contribution is -0.275. The number of aryl methyl sites for hydroxylation is 1. The normalized spacial score (nSPS) is 11.2. The summed E-state index contributed by atoms with van der Waals surface area (Å²) in [6.45, 7) is 0. The summed E-state index contributed by atoms with van der Waals surface area (Å²) in [4.78, 5) is 10.1. The molecule has 0 atom stereocenters. The van der Waals surface area contributed by atoms with Gasteiger partial charge < -0.3 is 14.6 Å². The van der Waals surface area contributed by atoms with Gasteiger partial charge >= 0.3 is 6.36 Å². The molecule has 0 fully saturated rings. The minimum atomic E-state index is -4.85. The fourth-order valence-electron chi connectivity index (χ4n) is 1.19. The zero-order chi connectivity index (χ0) is 12.2. The second-order valence-corrected chi connectivity index (χ2v) is 3.02. The number of carbonyl (C=O) groups is 1. The van der Waals surface area contributed by atoms with E-state index >= 15 is 0 Å². The van der Waals surface area contributed by atoms with E-state index < -0.39 is 17.9 Å². The predicted octanol–water partition coefficient (Wildman–Crippen LogP) is 2.42. The molecular formula is C10H9F3O3. The third-order valence-electron chi connectivity index (χ3n) is 1.84. The number of rotatable bonds is 4. The Balaban J connectivity index is 2.90. The van der Waals surface area contributed by atoms with Crippen molar-refractivity contribution < 1.29 is 27.8 Å². The van der Waals surface area contributed by atoms with Crippen molar-refractivity contribution in [3.05, 3.63) is 23.8 Å². The maximum absolute atomic E-state index is 11.9. The van der Waals surface area contributed by atoms with Gasteiger partial charge in [-0.2, -0.15) is 0 Å². The van der Waals surface area contributed by atoms with Crippen LogP contribution in [0.2, 0.25) is 0 Å². The van der Waals surface area contributed by atoms with Gasteiger partial charge in [-0.1, -0.05) is 12.1 Å². The summed E-state index contributed by atoms with van der Waals surface area (Å²) >= 11 is 0. The third-order valence-corrected chi connectivity index (χ3v) is 1.84. The Bertz CT molecular complexity index is 374. The van der Waals surface area contributed by atoms with Gasteiger partial charge in [0.2, 0.25) is 0 Å². The lowest BCUT2D eigenvalue weighted by Gasteiger charge is -2.12. The Kier molecular flexibility index (Phi) is 3.76. The molecule has 1 rings (SSSR count). The minimum absolute atomic E-state index is 0.128. The first-order valence-electron chi connectivity index (χ1n) is 4.44. The topological polar surface area (TPSA) is 46.5 Å². The molecule has 0 aliphatic rings. The fourth-order valence-corrected chi connectivity index (χ4v) is 1.19. The highest BCUT2D eigenvalue weighted by atomic mass is 19.4. The van der Waals surface area contributed by atoms with Gasteiger partial charge in [0.1, 0.15) is 6.29 Å². The smallest absolute Gasteiger partial charge is 0.504 e. The summed E-state index contributed by atoms with van der Waals surface area (Å²) in [5, 5.41) is 9.44. The molecule has 1 aromatic carbocycles. The Hall–Kier alpha value is -1.72. The number of phenolic OH excluding ortho intramolecular Hbond substituents is 1. The molecular weight excluding hydrogens is 225 g/mol. The third kappa shape index (κ3) is 3.45. The molecule has 0 bridgehead atoms. The molecule has 3 nitrogen and oxygen atoms in total. The zero-order valence-corrected chi connectivity index (χ0v) is 8.12. The summed E-state index contributed by atoms with van der Waals surface area (Å²) in [6, 6.07) is 3.76. The molecule has 1 N–H and O–H groups in total. The molecule has 0 aliphatic carbocycles. The number of hydrogen-bond acceptors (Lipinski definition) is 3. The Morgan fingerprint density at radius 1 is 1.38 bits per heavy atom. The van der Waals surface area contributed by atoms with Crippen molar-refractivity contribution in [1.29, 1.82) is 0 Å². The standard InChI is InChI=1S/C10H9F3O3/c11-10(12,13)16-8-5-1-3-7(9(8)15)4-2-6-14/h1,3,5-6,15H,2,4H2. The highest BCUT2D eigenvalue weighted by molar-refractivity contribution is 5.52. The lowest BCUT2D eigenvalue weighted by atomic mass is 10.1. The average Bonchev–Trinajstić information content (AvgIpc) is 2.17. The van der Waals surface area contributed by atoms with E-state index in [0.29, 0.717) is 6.29 Å². The van der Waals surface area contributed by atoms with Crippen LogP contribution in [0.25, 0.3) is 0 Å². The van der Waals surface area contributed by atoms with Crippen molar-refractivity contribution in [1.82, 2.24) is 0 Å². The number of aromatic hydroxyl groups is 1. The maximum Gasteiger partial charge on any atom is 0.573 e. The second kappa shape index (κ2) is 4.87. The number of benzene rings is 1. The quantitative estimate of drug-likeness (QED) is 0.814. The van der Waals surface area contributed by atoms with Gasteiger partial charge in [0.25, 0.3) is 0 Å². The highest BCUT2D eigenvalue weighted by Gasteiger charge is 2.32. The first-order valence-corrected chi connectivity index (χ1v) is 4.44. The number of hydrogen-bond donors (Lipinski definition) is 1. The van der Waals surface area contributed by atoms with Gasteiger partial charge in [0, 0.05) is 6.42 Å². The fraction of sp³-hybridized carbons (Fsp3) is 0.300. The van der Waals surface area contributed by atoms with Crippen LogP contribution in [0.4, 0.5) is 13.2 Å². The molecule has 0 heterocycles. The van der Waals surface area contributed by atoms with Crippen molar-refractivity contribution in [2.75, 3.05) is 0 Å². The van der Waals surface area contributed by atoms with Crippen LogP contribution in [0.5, 0.6) is 11.5 Å². The van der Waals surface area contributed by atoms with Crippen LogP contribution in [-0.4, -0.2) is 17.8 Å². The van der Waals surface area contributed by atoms with Crippen molar-refractivity contribution in [3.63, 3.8) is 0 Å². The Morgan fingerprint density at radius 3 is 2.62 bits per heavy atom. The van der Waals surface area contributed by atoms with Gasteiger partial charge in [-0.15, -0.1) is 13.2 Å². The average molecular weight is 234 g/mol. The Morgan fingerprint density at radius 2 is 2.06 bits per heavy atom. The number of phenols is 1. The van der Waals surface area contributed by atoms with Crippen LogP contribution in [0.1, 0.15) is 12.0 Å². The van der Waals surface area contributed by atoms with Crippen molar-refractivity contribution >= 4 is 6.29 Å². The van der Waals surface area contributed by atoms with E-state index in [-0.39, 0.29) is 18.4 Å². The van der Waals surface area contributed by atoms with E-state index in [1.165, 1.54) is 12.1 Å². The van der Waals surface area contributed by atoms with Crippen molar-refractivity contribution in [3.8, 4) is 11.5 Å². The molecule has 6 heteroatoms. The monoisotopic (exact) mass is 234 g/mol. The lowest BCUT2D eigenvalue weighted by Crippen LogP contribution is -2.17. The zero-order valence-electron chi connectivity index (χ0n) is 8.12. The van der Waals surface area contributed by atoms with Gasteiger partial charge in [-0.05, 0) is 18.1 Å². The largest absolute Gasteiger partial charge is 0.573 e. The van der Waals surface area contributed by atoms with E-state index in [0.717, 1.165) is 6.07 Å². The van der Waals surface area contributed by atoms with E-state index in [2.05, 4.69) is 4.74 Å². The van der Waals surface area contributed by atoms with Crippen LogP contribution in [0.15, 0.2) is 18.2 Å². The number of ether oxygens (including phenoxy) is 1. The van der Waals surface area contributed by atoms with Crippen LogP contribution >= 0.6 is 0 Å². The van der Waals surface area contributed by atoms with Crippen molar-refractivity contribution in [2.45, 2.75) is 19.2 Å². The molecule has 0 saturated heterocycles. The molecule has 1 aromatic rings. The van der Waals surface area contributed by atoms with Gasteiger partial charge in [0.15, 0.2) is 11.5 Å². The van der Waals surface area contributed by atoms with Crippen LogP contribution in [0, 0.1) is 0 Å². The van der Waals surface area contributed by atoms with Crippen LogP contribution in [-0.2, 0) is 11.2 Å². The SMILES string of the molecule is O=CCCc1cccc(OC(F)(F)F)c1O. The molecule has 0 amide bonds. The van der Waals surface area contributed by atoms with Crippen LogP contribution < -0.4 is 4.74 Å². The number of alkyl halides is 3. The number of aldehydes is 1. The summed E-state index contributed by atoms with van der Waals surface area (Å²) in [5.74, 6) is -1.24. The molecule has 0 aromatic heterocycles.